The molecule has 2 heterocycles. The summed E-state index contributed by atoms with van der Waals surface area (Å²) >= 11 is 0. The van der Waals surface area contributed by atoms with Crippen molar-refractivity contribution >= 4 is 17.4 Å². The summed E-state index contributed by atoms with van der Waals surface area (Å²) in [7, 11) is 3.79. The fourth-order valence-corrected chi connectivity index (χ4v) is 4.93. The van der Waals surface area contributed by atoms with Gasteiger partial charge in [-0.1, -0.05) is 36.4 Å². The first-order valence-corrected chi connectivity index (χ1v) is 13.6. The van der Waals surface area contributed by atoms with Crippen molar-refractivity contribution in [3.8, 4) is 23.0 Å². The van der Waals surface area contributed by atoms with Crippen LogP contribution in [0.5, 0.6) is 23.0 Å². The van der Waals surface area contributed by atoms with Crippen LogP contribution in [-0.2, 0) is 16.2 Å². The minimum atomic E-state index is -0.828. The molecule has 1 amide bonds. The number of likely N-dealkylation sites (tertiary alicyclic amines) is 1. The van der Waals surface area contributed by atoms with E-state index < -0.39 is 17.7 Å². The maximum atomic E-state index is 13.5. The second-order valence-corrected chi connectivity index (χ2v) is 10.1. The quantitative estimate of drug-likeness (QED) is 0.222. The van der Waals surface area contributed by atoms with Crippen molar-refractivity contribution in [2.45, 2.75) is 19.6 Å². The molecule has 0 saturated carbocycles. The van der Waals surface area contributed by atoms with Gasteiger partial charge >= 0.3 is 0 Å². The number of hydrogen-bond acceptors (Lipinski definition) is 8. The highest BCUT2D eigenvalue weighted by Gasteiger charge is 2.46. The van der Waals surface area contributed by atoms with E-state index in [2.05, 4.69) is 0 Å². The van der Waals surface area contributed by atoms with E-state index in [4.69, 9.17) is 18.9 Å². The number of benzene rings is 3. The molecular formula is C32H34N2O7. The Labute approximate surface area is 239 Å². The lowest BCUT2D eigenvalue weighted by Gasteiger charge is -2.27. The third kappa shape index (κ3) is 6.00. The number of fused-ring (bicyclic) bond motifs is 1. The van der Waals surface area contributed by atoms with Crippen LogP contribution >= 0.6 is 0 Å². The fraction of sp³-hybridized carbons (Fsp3) is 0.312. The summed E-state index contributed by atoms with van der Waals surface area (Å²) in [5, 5.41) is 11.5. The molecule has 9 nitrogen and oxygen atoms in total. The number of amides is 1. The fourth-order valence-electron chi connectivity index (χ4n) is 4.93. The molecule has 1 atom stereocenters. The number of aliphatic hydroxyl groups excluding tert-OH is 1. The molecule has 3 aromatic rings. The van der Waals surface area contributed by atoms with Gasteiger partial charge in [-0.15, -0.1) is 0 Å². The first kappa shape index (κ1) is 28.0. The second-order valence-electron chi connectivity index (χ2n) is 10.1. The minimum Gasteiger partial charge on any atom is -0.507 e. The molecule has 41 heavy (non-hydrogen) atoms. The molecule has 9 heteroatoms. The van der Waals surface area contributed by atoms with Gasteiger partial charge in [-0.2, -0.15) is 0 Å². The molecule has 3 aromatic carbocycles. The second kappa shape index (κ2) is 12.3. The minimum absolute atomic E-state index is 0.00540. The first-order valence-electron chi connectivity index (χ1n) is 13.6. The molecule has 1 N–H and O–H groups in total. The average Bonchev–Trinajstić information content (AvgIpc) is 3.24. The number of carbonyl (C=O) groups is 2. The molecule has 1 saturated heterocycles. The normalized spacial score (nSPS) is 17.7. The smallest absolute Gasteiger partial charge is 0.295 e. The van der Waals surface area contributed by atoms with Crippen molar-refractivity contribution in [1.82, 2.24) is 9.80 Å². The largest absolute Gasteiger partial charge is 0.507 e. The monoisotopic (exact) mass is 558 g/mol. The molecule has 0 aliphatic carbocycles. The van der Waals surface area contributed by atoms with Crippen LogP contribution in [0, 0.1) is 0 Å². The van der Waals surface area contributed by atoms with Crippen LogP contribution in [-0.4, -0.2) is 73.6 Å². The van der Waals surface area contributed by atoms with E-state index in [9.17, 15) is 14.7 Å². The van der Waals surface area contributed by atoms with Crippen LogP contribution in [0.4, 0.5) is 0 Å². The van der Waals surface area contributed by atoms with Crippen LogP contribution in [0.3, 0.4) is 0 Å². The van der Waals surface area contributed by atoms with Crippen LogP contribution in [0.25, 0.3) is 5.76 Å². The molecule has 2 aliphatic rings. The van der Waals surface area contributed by atoms with Gasteiger partial charge in [-0.25, -0.2) is 0 Å². The van der Waals surface area contributed by atoms with Crippen LogP contribution in [0.2, 0.25) is 0 Å². The standard InChI is InChI=1S/C32H34N2O7/c1-4-38-26-18-22(10-12-25(26)41-20-21-8-6-5-7-9-21)29-28(31(36)32(37)34(29)15-14-33(2)3)30(35)23-11-13-24-27(19-23)40-17-16-39-24/h5-13,18-19,29,35H,4,14-17,20H2,1-3H3/b30-28+/t29-/m0/s1. The van der Waals surface area contributed by atoms with Crippen LogP contribution in [0.15, 0.2) is 72.3 Å². The van der Waals surface area contributed by atoms with Crippen LogP contribution < -0.4 is 18.9 Å². The van der Waals surface area contributed by atoms with Crippen molar-refractivity contribution in [2.24, 2.45) is 0 Å². The van der Waals surface area contributed by atoms with Crippen molar-refractivity contribution in [2.75, 3.05) is 47.0 Å². The summed E-state index contributed by atoms with van der Waals surface area (Å²) in [4.78, 5) is 30.2. The van der Waals surface area contributed by atoms with E-state index in [1.165, 1.54) is 4.90 Å². The molecule has 0 aromatic heterocycles. The van der Waals surface area contributed by atoms with Crippen molar-refractivity contribution in [3.63, 3.8) is 0 Å². The van der Waals surface area contributed by atoms with Crippen LogP contribution in [0.1, 0.15) is 29.7 Å². The van der Waals surface area contributed by atoms with E-state index in [1.807, 2.05) is 56.3 Å². The predicted molar refractivity (Wildman–Crippen MR) is 153 cm³/mol. The average molecular weight is 559 g/mol. The number of rotatable bonds is 10. The van der Waals surface area contributed by atoms with Gasteiger partial charge in [-0.3, -0.25) is 9.59 Å². The molecule has 1 fully saturated rings. The molecule has 2 aliphatic heterocycles. The Hall–Kier alpha value is -4.50. The van der Waals surface area contributed by atoms with E-state index >= 15 is 0 Å². The van der Waals surface area contributed by atoms with Crippen molar-refractivity contribution in [3.05, 3.63) is 89.0 Å². The highest BCUT2D eigenvalue weighted by Crippen LogP contribution is 2.43. The summed E-state index contributed by atoms with van der Waals surface area (Å²) in [6.07, 6.45) is 0. The highest BCUT2D eigenvalue weighted by atomic mass is 16.6. The zero-order valence-corrected chi connectivity index (χ0v) is 23.5. The lowest BCUT2D eigenvalue weighted by molar-refractivity contribution is -0.140. The highest BCUT2D eigenvalue weighted by molar-refractivity contribution is 6.46. The summed E-state index contributed by atoms with van der Waals surface area (Å²) in [5.41, 5.74) is 2.00. The van der Waals surface area contributed by atoms with Gasteiger partial charge < -0.3 is 33.9 Å². The number of ether oxygens (including phenoxy) is 4. The molecule has 5 rings (SSSR count). The van der Waals surface area contributed by atoms with Crippen molar-refractivity contribution < 1.29 is 33.6 Å². The molecule has 0 unspecified atom stereocenters. The lowest BCUT2D eigenvalue weighted by Crippen LogP contribution is -2.35. The Morgan fingerprint density at radius 2 is 1.71 bits per heavy atom. The van der Waals surface area contributed by atoms with Gasteiger partial charge in [0.1, 0.15) is 25.6 Å². The van der Waals surface area contributed by atoms with Gasteiger partial charge in [0, 0.05) is 18.7 Å². The number of ketones is 1. The van der Waals surface area contributed by atoms with Gasteiger partial charge in [0.2, 0.25) is 0 Å². The number of aliphatic hydroxyl groups is 1. The zero-order chi connectivity index (χ0) is 28.9. The molecule has 0 bridgehead atoms. The third-order valence-electron chi connectivity index (χ3n) is 6.96. The maximum absolute atomic E-state index is 13.5. The summed E-state index contributed by atoms with van der Waals surface area (Å²) < 4.78 is 23.3. The Kier molecular flexibility index (Phi) is 8.45. The Morgan fingerprint density at radius 3 is 2.44 bits per heavy atom. The van der Waals surface area contributed by atoms with Gasteiger partial charge in [0.25, 0.3) is 11.7 Å². The molecule has 0 radical (unpaired) electrons. The van der Waals surface area contributed by atoms with E-state index in [0.717, 1.165) is 5.56 Å². The Morgan fingerprint density at radius 1 is 0.951 bits per heavy atom. The number of Topliss-reactive ketones (excluding diaryl/α,β-unsaturated/α-hetero) is 1. The van der Waals surface area contributed by atoms with E-state index in [-0.39, 0.29) is 17.9 Å². The van der Waals surface area contributed by atoms with Gasteiger partial charge in [0.15, 0.2) is 23.0 Å². The Balaban J connectivity index is 1.56. The number of hydrogen-bond donors (Lipinski definition) is 1. The predicted octanol–water partition coefficient (Wildman–Crippen LogP) is 4.42. The number of nitrogens with zero attached hydrogens (tertiary/aromatic N) is 2. The van der Waals surface area contributed by atoms with Gasteiger partial charge in [0.05, 0.1) is 18.2 Å². The number of carbonyl (C=O) groups excluding carboxylic acids is 2. The SMILES string of the molecule is CCOc1cc([C@H]2/C(=C(\O)c3ccc4c(c3)OCCO4)C(=O)C(=O)N2CCN(C)C)ccc1OCc1ccccc1. The topological polar surface area (TPSA) is 97.8 Å². The summed E-state index contributed by atoms with van der Waals surface area (Å²) in [6, 6.07) is 19.3. The third-order valence-corrected chi connectivity index (χ3v) is 6.96. The van der Waals surface area contributed by atoms with Gasteiger partial charge in [-0.05, 0) is 62.5 Å². The Bertz CT molecular complexity index is 1450. The molecular weight excluding hydrogens is 524 g/mol. The zero-order valence-electron chi connectivity index (χ0n) is 23.5. The van der Waals surface area contributed by atoms with Crippen molar-refractivity contribution in [1.29, 1.82) is 0 Å². The summed E-state index contributed by atoms with van der Waals surface area (Å²) in [6.45, 7) is 4.25. The van der Waals surface area contributed by atoms with E-state index in [1.54, 1.807) is 36.4 Å². The maximum Gasteiger partial charge on any atom is 0.295 e. The molecule has 214 valence electrons. The number of likely N-dealkylation sites (N-methyl/N-ethyl adjacent to an activating group) is 1. The molecule has 0 spiro atoms. The van der Waals surface area contributed by atoms with E-state index in [0.29, 0.717) is 67.1 Å². The summed E-state index contributed by atoms with van der Waals surface area (Å²) in [5.74, 6) is 0.359. The first-order chi connectivity index (χ1) is 19.9. The lowest BCUT2D eigenvalue weighted by atomic mass is 9.94.